The zero-order valence-corrected chi connectivity index (χ0v) is 12.3. The van der Waals surface area contributed by atoms with Crippen molar-refractivity contribution < 1.29 is 18.4 Å². The molecule has 6 nitrogen and oxygen atoms in total. The maximum absolute atomic E-state index is 13.5. The van der Waals surface area contributed by atoms with Crippen LogP contribution in [0.2, 0.25) is 0 Å². The molecule has 7 heteroatoms. The first-order valence-corrected chi connectivity index (χ1v) is 6.97. The van der Waals surface area contributed by atoms with Gasteiger partial charge in [0.2, 0.25) is 0 Å². The number of nitrogen functional groups attached to an aromatic ring is 1. The Kier molecular flexibility index (Phi) is 3.84. The Morgan fingerprint density at radius 1 is 1.39 bits per heavy atom. The number of carbonyl (C=O) groups is 1. The van der Waals surface area contributed by atoms with Crippen LogP contribution in [0.3, 0.4) is 0 Å². The van der Waals surface area contributed by atoms with Gasteiger partial charge in [-0.1, -0.05) is 17.3 Å². The average Bonchev–Trinajstić information content (AvgIpc) is 3.14. The molecule has 0 aliphatic rings. The third-order valence-electron chi connectivity index (χ3n) is 3.27. The zero-order chi connectivity index (χ0) is 16.4. The molecular formula is C16H14FN3O3. The average molecular weight is 315 g/mol. The number of anilines is 1. The second kappa shape index (κ2) is 5.96. The number of benzene rings is 1. The lowest BCUT2D eigenvalue weighted by Crippen LogP contribution is -2.04. The van der Waals surface area contributed by atoms with E-state index in [1.165, 1.54) is 12.1 Å². The minimum Gasteiger partial charge on any atom is -0.461 e. The van der Waals surface area contributed by atoms with Gasteiger partial charge in [-0.25, -0.2) is 9.18 Å². The van der Waals surface area contributed by atoms with E-state index in [1.807, 2.05) is 0 Å². The normalized spacial score (nSPS) is 10.7. The molecule has 1 aromatic carbocycles. The van der Waals surface area contributed by atoms with Gasteiger partial charge in [-0.3, -0.25) is 0 Å². The van der Waals surface area contributed by atoms with Crippen molar-refractivity contribution in [1.82, 2.24) is 10.1 Å². The van der Waals surface area contributed by atoms with Crippen molar-refractivity contribution in [2.75, 3.05) is 12.3 Å². The molecule has 0 aliphatic carbocycles. The molecule has 0 spiro atoms. The number of rotatable bonds is 4. The van der Waals surface area contributed by atoms with Gasteiger partial charge in [0.05, 0.1) is 12.2 Å². The second-order valence-corrected chi connectivity index (χ2v) is 4.80. The van der Waals surface area contributed by atoms with Crippen LogP contribution in [0, 0.1) is 5.82 Å². The molecule has 2 aromatic heterocycles. The van der Waals surface area contributed by atoms with Crippen LogP contribution in [0.15, 0.2) is 41.1 Å². The van der Waals surface area contributed by atoms with Crippen LogP contribution >= 0.6 is 0 Å². The van der Waals surface area contributed by atoms with E-state index in [1.54, 1.807) is 31.3 Å². The molecule has 23 heavy (non-hydrogen) atoms. The van der Waals surface area contributed by atoms with Crippen LogP contribution in [-0.4, -0.2) is 22.7 Å². The lowest BCUT2D eigenvalue weighted by Gasteiger charge is -2.01. The van der Waals surface area contributed by atoms with Gasteiger partial charge in [0, 0.05) is 11.8 Å². The van der Waals surface area contributed by atoms with Gasteiger partial charge in [-0.2, -0.15) is 0 Å². The number of esters is 1. The molecule has 0 bridgehead atoms. The summed E-state index contributed by atoms with van der Waals surface area (Å²) in [5.74, 6) is -0.377. The molecule has 3 aromatic rings. The fraction of sp³-hybridized carbons (Fsp3) is 0.125. The second-order valence-electron chi connectivity index (χ2n) is 4.80. The molecule has 0 saturated heterocycles. The van der Waals surface area contributed by atoms with Gasteiger partial charge >= 0.3 is 5.97 Å². The number of hydrogen-bond acceptors (Lipinski definition) is 5. The van der Waals surface area contributed by atoms with E-state index in [9.17, 15) is 9.18 Å². The standard InChI is InChI=1S/C16H14FN3O3/c1-2-22-16(21)12-7-10(8-19-12)14-13(15(18)20-23-14)9-4-3-5-11(17)6-9/h3-8,19H,2H2,1H3,(H2,18,20). The van der Waals surface area contributed by atoms with Gasteiger partial charge in [-0.05, 0) is 30.7 Å². The van der Waals surface area contributed by atoms with Crippen molar-refractivity contribution in [2.45, 2.75) is 6.92 Å². The molecule has 0 fully saturated rings. The van der Waals surface area contributed by atoms with E-state index in [-0.39, 0.29) is 18.1 Å². The molecule has 0 radical (unpaired) electrons. The van der Waals surface area contributed by atoms with Gasteiger partial charge in [0.15, 0.2) is 11.6 Å². The minimum absolute atomic E-state index is 0.143. The Balaban J connectivity index is 2.04. The summed E-state index contributed by atoms with van der Waals surface area (Å²) in [6.07, 6.45) is 1.58. The molecule has 0 aliphatic heterocycles. The van der Waals surface area contributed by atoms with E-state index in [0.29, 0.717) is 22.5 Å². The Morgan fingerprint density at radius 3 is 2.96 bits per heavy atom. The summed E-state index contributed by atoms with van der Waals surface area (Å²) in [5.41, 5.74) is 7.70. The van der Waals surface area contributed by atoms with Crippen molar-refractivity contribution in [3.63, 3.8) is 0 Å². The molecule has 3 rings (SSSR count). The summed E-state index contributed by atoms with van der Waals surface area (Å²) < 4.78 is 23.6. The summed E-state index contributed by atoms with van der Waals surface area (Å²) in [6, 6.07) is 7.52. The summed E-state index contributed by atoms with van der Waals surface area (Å²) in [5, 5.41) is 3.74. The third kappa shape index (κ3) is 2.80. The Labute approximate surface area is 131 Å². The van der Waals surface area contributed by atoms with Gasteiger partial charge in [-0.15, -0.1) is 0 Å². The number of carbonyl (C=O) groups excluding carboxylic acids is 1. The monoisotopic (exact) mass is 315 g/mol. The molecule has 3 N–H and O–H groups in total. The highest BCUT2D eigenvalue weighted by Gasteiger charge is 2.20. The van der Waals surface area contributed by atoms with Gasteiger partial charge in [0.25, 0.3) is 0 Å². The summed E-state index contributed by atoms with van der Waals surface area (Å²) >= 11 is 0. The fourth-order valence-electron chi connectivity index (χ4n) is 2.27. The number of hydrogen-bond donors (Lipinski definition) is 2. The minimum atomic E-state index is -0.474. The van der Waals surface area contributed by atoms with Crippen molar-refractivity contribution >= 4 is 11.8 Å². The molecule has 0 atom stereocenters. The molecule has 2 heterocycles. The van der Waals surface area contributed by atoms with E-state index in [4.69, 9.17) is 15.0 Å². The largest absolute Gasteiger partial charge is 0.461 e. The Hall–Kier alpha value is -3.09. The number of H-pyrrole nitrogens is 1. The van der Waals surface area contributed by atoms with Crippen molar-refractivity contribution in [2.24, 2.45) is 0 Å². The topological polar surface area (TPSA) is 94.1 Å². The lowest BCUT2D eigenvalue weighted by molar-refractivity contribution is 0.0520. The zero-order valence-electron chi connectivity index (χ0n) is 12.3. The third-order valence-corrected chi connectivity index (χ3v) is 3.27. The first-order valence-electron chi connectivity index (χ1n) is 6.97. The fourth-order valence-corrected chi connectivity index (χ4v) is 2.27. The van der Waals surface area contributed by atoms with E-state index >= 15 is 0 Å². The molecule has 0 amide bonds. The quantitative estimate of drug-likeness (QED) is 0.721. The highest BCUT2D eigenvalue weighted by Crippen LogP contribution is 2.37. The number of aromatic amines is 1. The summed E-state index contributed by atoms with van der Waals surface area (Å²) in [4.78, 5) is 14.5. The van der Waals surface area contributed by atoms with E-state index in [2.05, 4.69) is 10.1 Å². The predicted molar refractivity (Wildman–Crippen MR) is 82.1 cm³/mol. The maximum Gasteiger partial charge on any atom is 0.354 e. The van der Waals surface area contributed by atoms with Crippen LogP contribution in [0.25, 0.3) is 22.5 Å². The molecule has 0 unspecified atom stereocenters. The summed E-state index contributed by atoms with van der Waals surface area (Å²) in [6.45, 7) is 2.00. The van der Waals surface area contributed by atoms with Crippen molar-refractivity contribution in [3.8, 4) is 22.5 Å². The Morgan fingerprint density at radius 2 is 2.22 bits per heavy atom. The van der Waals surface area contributed by atoms with Crippen molar-refractivity contribution in [3.05, 3.63) is 48.0 Å². The lowest BCUT2D eigenvalue weighted by atomic mass is 10.0. The summed E-state index contributed by atoms with van der Waals surface area (Å²) in [7, 11) is 0. The van der Waals surface area contributed by atoms with Crippen LogP contribution < -0.4 is 5.73 Å². The van der Waals surface area contributed by atoms with Gasteiger partial charge < -0.3 is 20.0 Å². The van der Waals surface area contributed by atoms with Crippen LogP contribution in [0.4, 0.5) is 10.2 Å². The van der Waals surface area contributed by atoms with Crippen molar-refractivity contribution in [1.29, 1.82) is 0 Å². The van der Waals surface area contributed by atoms with Crippen LogP contribution in [0.5, 0.6) is 0 Å². The highest BCUT2D eigenvalue weighted by atomic mass is 19.1. The molecule has 0 saturated carbocycles. The highest BCUT2D eigenvalue weighted by molar-refractivity contribution is 5.92. The van der Waals surface area contributed by atoms with E-state index in [0.717, 1.165) is 0 Å². The maximum atomic E-state index is 13.5. The molecule has 118 valence electrons. The number of nitrogens with one attached hydrogen (secondary N) is 1. The number of aromatic nitrogens is 2. The SMILES string of the molecule is CCOC(=O)c1cc(-c2onc(N)c2-c2cccc(F)c2)c[nH]1. The first-order chi connectivity index (χ1) is 11.1. The molecular weight excluding hydrogens is 301 g/mol. The Bertz CT molecular complexity index is 854. The number of ether oxygens (including phenoxy) is 1. The number of nitrogens with zero attached hydrogens (tertiary/aromatic N) is 1. The van der Waals surface area contributed by atoms with E-state index < -0.39 is 11.8 Å². The van der Waals surface area contributed by atoms with Crippen LogP contribution in [-0.2, 0) is 4.74 Å². The smallest absolute Gasteiger partial charge is 0.354 e. The predicted octanol–water partition coefficient (Wildman–Crippen LogP) is 3.23. The number of nitrogens with two attached hydrogens (primary N) is 1. The van der Waals surface area contributed by atoms with Crippen LogP contribution in [0.1, 0.15) is 17.4 Å². The van der Waals surface area contributed by atoms with Gasteiger partial charge in [0.1, 0.15) is 11.5 Å². The first kappa shape index (κ1) is 14.8. The number of halogens is 1.